The van der Waals surface area contributed by atoms with Gasteiger partial charge in [0.1, 0.15) is 5.82 Å². The van der Waals surface area contributed by atoms with Gasteiger partial charge in [-0.25, -0.2) is 4.98 Å². The number of halogens is 1. The molecule has 0 radical (unpaired) electrons. The van der Waals surface area contributed by atoms with Gasteiger partial charge < -0.3 is 20.5 Å². The van der Waals surface area contributed by atoms with E-state index in [2.05, 4.69) is 46.5 Å². The van der Waals surface area contributed by atoms with Crippen molar-refractivity contribution in [3.63, 3.8) is 0 Å². The van der Waals surface area contributed by atoms with Crippen LogP contribution in [0.1, 0.15) is 5.82 Å². The van der Waals surface area contributed by atoms with Crippen molar-refractivity contribution in [1.29, 1.82) is 0 Å². The molecule has 2 fully saturated rings. The molecule has 2 aliphatic rings. The highest BCUT2D eigenvalue weighted by atomic mass is 79.9. The van der Waals surface area contributed by atoms with Crippen molar-refractivity contribution in [1.82, 2.24) is 34.9 Å². The van der Waals surface area contributed by atoms with E-state index < -0.39 is 0 Å². The Kier molecular flexibility index (Phi) is 3.57. The average Bonchev–Trinajstić information content (AvgIpc) is 3.36. The van der Waals surface area contributed by atoms with Crippen LogP contribution in [0, 0.1) is 5.92 Å². The van der Waals surface area contributed by atoms with Gasteiger partial charge in [-0.3, -0.25) is 0 Å². The minimum absolute atomic E-state index is 0.518. The Labute approximate surface area is 168 Å². The van der Waals surface area contributed by atoms with Crippen LogP contribution in [0.5, 0.6) is 0 Å². The first-order valence-corrected chi connectivity index (χ1v) is 10.1. The summed E-state index contributed by atoms with van der Waals surface area (Å²) in [6.07, 6.45) is 1.75. The summed E-state index contributed by atoms with van der Waals surface area (Å²) >= 11 is 3.55. The molecule has 10 heteroatoms. The monoisotopic (exact) mass is 439 g/mol. The molecule has 6 rings (SSSR count). The maximum absolute atomic E-state index is 4.78. The molecule has 9 nitrogen and oxygen atoms in total. The minimum atomic E-state index is 0.518. The number of H-pyrrole nitrogens is 1. The summed E-state index contributed by atoms with van der Waals surface area (Å²) in [6.45, 7) is 3.53. The Balaban J connectivity index is 1.33. The van der Waals surface area contributed by atoms with Crippen LogP contribution in [-0.4, -0.2) is 55.2 Å². The molecule has 0 saturated carbocycles. The predicted octanol–water partition coefficient (Wildman–Crippen LogP) is 1.78. The number of hydrogen-bond acceptors (Lipinski definition) is 7. The molecule has 0 spiro atoms. The SMILES string of the molecule is Brc1cnn2c(NCc3nc4ccccc4[nH]3)nc(N3C[C@H]4CN[C@H]4C3)nc12. The first-order chi connectivity index (χ1) is 13.7. The number of anilines is 2. The second kappa shape index (κ2) is 6.14. The van der Waals surface area contributed by atoms with Crippen LogP contribution in [0.2, 0.25) is 0 Å². The third-order valence-corrected chi connectivity index (χ3v) is 6.09. The Morgan fingerprint density at radius 3 is 2.89 bits per heavy atom. The zero-order chi connectivity index (χ0) is 18.7. The van der Waals surface area contributed by atoms with Gasteiger partial charge in [-0.15, -0.1) is 0 Å². The fraction of sp³-hybridized carbons (Fsp3) is 0.333. The van der Waals surface area contributed by atoms with Gasteiger partial charge >= 0.3 is 0 Å². The second-order valence-electron chi connectivity index (χ2n) is 7.31. The molecule has 2 aliphatic heterocycles. The Bertz CT molecular complexity index is 1140. The quantitative estimate of drug-likeness (QED) is 0.445. The molecular weight excluding hydrogens is 422 g/mol. The van der Waals surface area contributed by atoms with Crippen molar-refractivity contribution in [2.24, 2.45) is 5.92 Å². The number of para-hydroxylation sites is 2. The van der Waals surface area contributed by atoms with Gasteiger partial charge in [-0.05, 0) is 28.1 Å². The van der Waals surface area contributed by atoms with Crippen molar-refractivity contribution in [3.8, 4) is 0 Å². The number of imidazole rings is 1. The smallest absolute Gasteiger partial charge is 0.230 e. The van der Waals surface area contributed by atoms with Gasteiger partial charge in [0.2, 0.25) is 11.9 Å². The third-order valence-electron chi connectivity index (χ3n) is 5.53. The van der Waals surface area contributed by atoms with E-state index in [-0.39, 0.29) is 0 Å². The molecule has 0 amide bonds. The molecule has 0 aliphatic carbocycles. The number of aromatic nitrogens is 6. The lowest BCUT2D eigenvalue weighted by Crippen LogP contribution is -2.51. The molecule has 4 aromatic rings. The summed E-state index contributed by atoms with van der Waals surface area (Å²) < 4.78 is 2.57. The van der Waals surface area contributed by atoms with Crippen LogP contribution in [0.15, 0.2) is 34.9 Å². The third kappa shape index (κ3) is 2.55. The zero-order valence-electron chi connectivity index (χ0n) is 14.9. The second-order valence-corrected chi connectivity index (χ2v) is 8.16. The number of rotatable bonds is 4. The molecule has 28 heavy (non-hydrogen) atoms. The summed E-state index contributed by atoms with van der Waals surface area (Å²) in [5, 5.41) is 11.2. The number of nitrogens with zero attached hydrogens (tertiary/aromatic N) is 6. The summed E-state index contributed by atoms with van der Waals surface area (Å²) in [4.78, 5) is 19.7. The fourth-order valence-electron chi connectivity index (χ4n) is 3.96. The highest BCUT2D eigenvalue weighted by Crippen LogP contribution is 2.28. The van der Waals surface area contributed by atoms with E-state index >= 15 is 0 Å². The first kappa shape index (κ1) is 16.3. The Morgan fingerprint density at radius 1 is 1.18 bits per heavy atom. The van der Waals surface area contributed by atoms with Crippen molar-refractivity contribution >= 4 is 44.5 Å². The molecule has 5 heterocycles. The van der Waals surface area contributed by atoms with Crippen LogP contribution in [0.3, 0.4) is 0 Å². The number of benzene rings is 1. The van der Waals surface area contributed by atoms with Gasteiger partial charge in [-0.1, -0.05) is 12.1 Å². The van der Waals surface area contributed by atoms with Crippen LogP contribution < -0.4 is 15.5 Å². The van der Waals surface area contributed by atoms with Crippen molar-refractivity contribution in [3.05, 3.63) is 40.8 Å². The van der Waals surface area contributed by atoms with Gasteiger partial charge in [0.15, 0.2) is 5.65 Å². The van der Waals surface area contributed by atoms with Crippen molar-refractivity contribution in [2.75, 3.05) is 29.9 Å². The van der Waals surface area contributed by atoms with Crippen LogP contribution in [0.25, 0.3) is 16.7 Å². The van der Waals surface area contributed by atoms with E-state index in [0.29, 0.717) is 24.5 Å². The largest absolute Gasteiger partial charge is 0.347 e. The van der Waals surface area contributed by atoms with E-state index in [1.165, 1.54) is 0 Å². The van der Waals surface area contributed by atoms with Gasteiger partial charge in [-0.2, -0.15) is 19.6 Å². The van der Waals surface area contributed by atoms with E-state index in [1.54, 1.807) is 10.7 Å². The lowest BCUT2D eigenvalue weighted by molar-refractivity contribution is 0.297. The summed E-state index contributed by atoms with van der Waals surface area (Å²) in [5.74, 6) is 2.93. The molecule has 1 aromatic carbocycles. The summed E-state index contributed by atoms with van der Waals surface area (Å²) in [6, 6.07) is 8.56. The predicted molar refractivity (Wildman–Crippen MR) is 109 cm³/mol. The lowest BCUT2D eigenvalue weighted by atomic mass is 9.96. The molecule has 2 saturated heterocycles. The molecule has 0 bridgehead atoms. The summed E-state index contributed by atoms with van der Waals surface area (Å²) in [7, 11) is 0. The number of fused-ring (bicyclic) bond motifs is 3. The van der Waals surface area contributed by atoms with Crippen molar-refractivity contribution < 1.29 is 0 Å². The van der Waals surface area contributed by atoms with Crippen LogP contribution in [-0.2, 0) is 6.54 Å². The molecule has 142 valence electrons. The standard InChI is InChI=1S/C18H18BrN9/c19-11-6-22-28-16(11)25-18(27-8-10-5-20-14(10)9-27)26-17(28)21-7-15-23-12-3-1-2-4-13(12)24-15/h1-4,6,10,14,20H,5,7-9H2,(H,23,24)(H,21,25,26)/t10-,14+/m1/s1. The van der Waals surface area contributed by atoms with Crippen molar-refractivity contribution in [2.45, 2.75) is 12.6 Å². The van der Waals surface area contributed by atoms with E-state index in [1.807, 2.05) is 24.3 Å². The number of nitrogens with one attached hydrogen (secondary N) is 3. The molecule has 3 aromatic heterocycles. The average molecular weight is 440 g/mol. The first-order valence-electron chi connectivity index (χ1n) is 9.32. The van der Waals surface area contributed by atoms with E-state index in [0.717, 1.165) is 52.6 Å². The van der Waals surface area contributed by atoms with Gasteiger partial charge in [0, 0.05) is 31.6 Å². The maximum Gasteiger partial charge on any atom is 0.230 e. The van der Waals surface area contributed by atoms with Gasteiger partial charge in [0.25, 0.3) is 0 Å². The number of aromatic amines is 1. The van der Waals surface area contributed by atoms with E-state index in [4.69, 9.17) is 9.97 Å². The molecular formula is C18H18BrN9. The lowest BCUT2D eigenvalue weighted by Gasteiger charge is -2.29. The highest BCUT2D eigenvalue weighted by molar-refractivity contribution is 9.10. The summed E-state index contributed by atoms with van der Waals surface area (Å²) in [5.41, 5.74) is 2.73. The highest BCUT2D eigenvalue weighted by Gasteiger charge is 2.40. The zero-order valence-corrected chi connectivity index (χ0v) is 16.5. The maximum atomic E-state index is 4.78. The molecule has 0 unspecified atom stereocenters. The fourth-order valence-corrected chi connectivity index (χ4v) is 4.31. The molecule has 2 atom stereocenters. The number of hydrogen-bond donors (Lipinski definition) is 3. The minimum Gasteiger partial charge on any atom is -0.347 e. The topological polar surface area (TPSA) is 99.1 Å². The Morgan fingerprint density at radius 2 is 2.11 bits per heavy atom. The Hall–Kier alpha value is -2.72. The van der Waals surface area contributed by atoms with Crippen LogP contribution in [0.4, 0.5) is 11.9 Å². The molecule has 3 N–H and O–H groups in total. The van der Waals surface area contributed by atoms with E-state index in [9.17, 15) is 0 Å². The normalized spacial score (nSPS) is 21.2. The van der Waals surface area contributed by atoms with Crippen LogP contribution >= 0.6 is 15.9 Å². The van der Waals surface area contributed by atoms with Gasteiger partial charge in [0.05, 0.1) is 28.2 Å².